The van der Waals surface area contributed by atoms with Crippen LogP contribution in [0.1, 0.15) is 23.3 Å². The molecule has 22 heavy (non-hydrogen) atoms. The molecule has 2 aromatic heterocycles. The normalized spacial score (nSPS) is 15.3. The first-order valence-electron chi connectivity index (χ1n) is 7.12. The van der Waals surface area contributed by atoms with Gasteiger partial charge in [0.1, 0.15) is 10.7 Å². The van der Waals surface area contributed by atoms with Crippen LogP contribution in [0, 0.1) is 13.8 Å². The van der Waals surface area contributed by atoms with Crippen LogP contribution in [0.3, 0.4) is 0 Å². The summed E-state index contributed by atoms with van der Waals surface area (Å²) in [6.07, 6.45) is 5.37. The first-order valence-corrected chi connectivity index (χ1v) is 9.48. The SMILES string of the molecule is Cc1csc(C)c1S(=O)(=O)Nc1cncc(N2CCCC2)n1. The second-order valence-electron chi connectivity index (χ2n) is 5.37. The molecule has 0 aromatic carbocycles. The van der Waals surface area contributed by atoms with E-state index in [1.54, 1.807) is 20.0 Å². The van der Waals surface area contributed by atoms with Crippen molar-refractivity contribution in [1.29, 1.82) is 0 Å². The Morgan fingerprint density at radius 3 is 2.59 bits per heavy atom. The van der Waals surface area contributed by atoms with Crippen LogP contribution in [-0.2, 0) is 10.0 Å². The lowest BCUT2D eigenvalue weighted by Gasteiger charge is -2.16. The minimum atomic E-state index is -3.63. The average molecular weight is 338 g/mol. The number of hydrogen-bond donors (Lipinski definition) is 1. The molecule has 1 fully saturated rings. The van der Waals surface area contributed by atoms with Crippen LogP contribution in [0.15, 0.2) is 22.7 Å². The molecule has 0 atom stereocenters. The van der Waals surface area contributed by atoms with Gasteiger partial charge in [-0.25, -0.2) is 13.4 Å². The lowest BCUT2D eigenvalue weighted by Crippen LogP contribution is -2.21. The van der Waals surface area contributed by atoms with Crippen LogP contribution in [0.2, 0.25) is 0 Å². The molecule has 118 valence electrons. The quantitative estimate of drug-likeness (QED) is 0.927. The molecule has 0 radical (unpaired) electrons. The molecule has 0 aliphatic carbocycles. The number of aromatic nitrogens is 2. The number of rotatable bonds is 4. The highest BCUT2D eigenvalue weighted by Gasteiger charge is 2.22. The standard InChI is InChI=1S/C14H18N4O2S2/c1-10-9-21-11(2)14(10)22(19,20)17-12-7-15-8-13(16-12)18-5-3-4-6-18/h7-9H,3-6H2,1-2H3,(H,16,17). The van der Waals surface area contributed by atoms with Gasteiger partial charge in [0.2, 0.25) is 0 Å². The van der Waals surface area contributed by atoms with Gasteiger partial charge >= 0.3 is 0 Å². The van der Waals surface area contributed by atoms with Gasteiger partial charge in [-0.1, -0.05) is 0 Å². The molecule has 3 rings (SSSR count). The van der Waals surface area contributed by atoms with Crippen molar-refractivity contribution in [2.45, 2.75) is 31.6 Å². The summed E-state index contributed by atoms with van der Waals surface area (Å²) in [4.78, 5) is 11.7. The highest BCUT2D eigenvalue weighted by molar-refractivity contribution is 7.93. The summed E-state index contributed by atoms with van der Waals surface area (Å²) >= 11 is 1.43. The first-order chi connectivity index (χ1) is 10.5. The Balaban J connectivity index is 1.88. The van der Waals surface area contributed by atoms with Gasteiger partial charge in [-0.3, -0.25) is 9.71 Å². The highest BCUT2D eigenvalue weighted by atomic mass is 32.2. The number of nitrogens with one attached hydrogen (secondary N) is 1. The molecule has 0 unspecified atom stereocenters. The van der Waals surface area contributed by atoms with Crippen molar-refractivity contribution in [3.63, 3.8) is 0 Å². The molecule has 0 amide bonds. The van der Waals surface area contributed by atoms with Gasteiger partial charge in [-0.2, -0.15) is 0 Å². The summed E-state index contributed by atoms with van der Waals surface area (Å²) in [7, 11) is -3.63. The molecule has 1 aliphatic heterocycles. The number of aryl methyl sites for hydroxylation is 2. The fourth-order valence-electron chi connectivity index (χ4n) is 2.65. The maximum absolute atomic E-state index is 12.6. The van der Waals surface area contributed by atoms with E-state index in [0.717, 1.165) is 42.2 Å². The van der Waals surface area contributed by atoms with E-state index in [1.807, 2.05) is 5.38 Å². The Labute approximate surface area is 134 Å². The molecule has 1 aliphatic rings. The largest absolute Gasteiger partial charge is 0.355 e. The van der Waals surface area contributed by atoms with Crippen molar-refractivity contribution in [2.75, 3.05) is 22.7 Å². The van der Waals surface area contributed by atoms with E-state index in [9.17, 15) is 8.42 Å². The summed E-state index contributed by atoms with van der Waals surface area (Å²) in [6, 6.07) is 0. The van der Waals surface area contributed by atoms with Gasteiger partial charge < -0.3 is 4.90 Å². The summed E-state index contributed by atoms with van der Waals surface area (Å²) in [6.45, 7) is 5.48. The molecule has 0 bridgehead atoms. The topological polar surface area (TPSA) is 75.2 Å². The summed E-state index contributed by atoms with van der Waals surface area (Å²) in [5.41, 5.74) is 0.749. The van der Waals surface area contributed by atoms with E-state index >= 15 is 0 Å². The monoisotopic (exact) mass is 338 g/mol. The van der Waals surface area contributed by atoms with Crippen LogP contribution in [0.5, 0.6) is 0 Å². The van der Waals surface area contributed by atoms with Crippen LogP contribution in [0.4, 0.5) is 11.6 Å². The van der Waals surface area contributed by atoms with Crippen molar-refractivity contribution < 1.29 is 8.42 Å². The van der Waals surface area contributed by atoms with Gasteiger partial charge in [0.05, 0.1) is 12.4 Å². The Bertz CT molecular complexity index is 760. The lowest BCUT2D eigenvalue weighted by atomic mass is 10.3. The van der Waals surface area contributed by atoms with Crippen molar-refractivity contribution in [3.8, 4) is 0 Å². The molecule has 0 spiro atoms. The second-order valence-corrected chi connectivity index (χ2v) is 8.07. The second kappa shape index (κ2) is 5.85. The third-order valence-corrected chi connectivity index (χ3v) is 6.45. The predicted octanol–water partition coefficient (Wildman–Crippen LogP) is 2.56. The average Bonchev–Trinajstić information content (AvgIpc) is 3.09. The van der Waals surface area contributed by atoms with Crippen LogP contribution in [0.25, 0.3) is 0 Å². The van der Waals surface area contributed by atoms with Gasteiger partial charge in [-0.15, -0.1) is 11.3 Å². The Morgan fingerprint density at radius 2 is 1.95 bits per heavy atom. The number of nitrogens with zero attached hydrogens (tertiary/aromatic N) is 3. The molecule has 8 heteroatoms. The van der Waals surface area contributed by atoms with Crippen molar-refractivity contribution in [3.05, 3.63) is 28.2 Å². The zero-order valence-corrected chi connectivity index (χ0v) is 14.2. The first kappa shape index (κ1) is 15.2. The van der Waals surface area contributed by atoms with E-state index in [-0.39, 0.29) is 5.82 Å². The molecule has 1 N–H and O–H groups in total. The van der Waals surface area contributed by atoms with Gasteiger partial charge in [-0.05, 0) is 37.6 Å². The predicted molar refractivity (Wildman–Crippen MR) is 88.1 cm³/mol. The maximum Gasteiger partial charge on any atom is 0.264 e. The fourth-order valence-corrected chi connectivity index (χ4v) is 5.28. The van der Waals surface area contributed by atoms with E-state index < -0.39 is 10.0 Å². The van der Waals surface area contributed by atoms with E-state index in [4.69, 9.17) is 0 Å². The third kappa shape index (κ3) is 2.93. The van der Waals surface area contributed by atoms with Crippen molar-refractivity contribution >= 4 is 33.0 Å². The molecule has 3 heterocycles. The van der Waals surface area contributed by atoms with Crippen molar-refractivity contribution in [1.82, 2.24) is 9.97 Å². The minimum absolute atomic E-state index is 0.259. The maximum atomic E-state index is 12.6. The van der Waals surface area contributed by atoms with E-state index in [2.05, 4.69) is 19.6 Å². The number of sulfonamides is 1. The molecule has 2 aromatic rings. The number of thiophene rings is 1. The van der Waals surface area contributed by atoms with Gasteiger partial charge in [0, 0.05) is 18.0 Å². The third-order valence-electron chi connectivity index (χ3n) is 3.65. The fraction of sp³-hybridized carbons (Fsp3) is 0.429. The van der Waals surface area contributed by atoms with Gasteiger partial charge in [0.15, 0.2) is 5.82 Å². The summed E-state index contributed by atoms with van der Waals surface area (Å²) in [5.74, 6) is 0.978. The summed E-state index contributed by atoms with van der Waals surface area (Å²) < 4.78 is 27.6. The zero-order chi connectivity index (χ0) is 15.7. The van der Waals surface area contributed by atoms with Gasteiger partial charge in [0.25, 0.3) is 10.0 Å². The smallest absolute Gasteiger partial charge is 0.264 e. The molecular weight excluding hydrogens is 320 g/mol. The Morgan fingerprint density at radius 1 is 1.23 bits per heavy atom. The van der Waals surface area contributed by atoms with E-state index in [1.165, 1.54) is 17.5 Å². The molecule has 0 saturated carbocycles. The number of hydrogen-bond acceptors (Lipinski definition) is 6. The van der Waals surface area contributed by atoms with Crippen molar-refractivity contribution in [2.24, 2.45) is 0 Å². The minimum Gasteiger partial charge on any atom is -0.355 e. The Hall–Kier alpha value is -1.67. The molecule has 6 nitrogen and oxygen atoms in total. The number of anilines is 2. The molecule has 1 saturated heterocycles. The van der Waals surface area contributed by atoms with Crippen LogP contribution < -0.4 is 9.62 Å². The molecular formula is C14H18N4O2S2. The Kier molecular flexibility index (Phi) is 4.05. The van der Waals surface area contributed by atoms with Crippen LogP contribution in [-0.4, -0.2) is 31.5 Å². The lowest BCUT2D eigenvalue weighted by molar-refractivity contribution is 0.600. The summed E-state index contributed by atoms with van der Waals surface area (Å²) in [5, 5.41) is 1.84. The highest BCUT2D eigenvalue weighted by Crippen LogP contribution is 2.27. The van der Waals surface area contributed by atoms with Crippen LogP contribution >= 0.6 is 11.3 Å². The van der Waals surface area contributed by atoms with E-state index in [0.29, 0.717) is 4.90 Å². The zero-order valence-electron chi connectivity index (χ0n) is 12.5.